The van der Waals surface area contributed by atoms with Crippen LogP contribution in [0.3, 0.4) is 0 Å². The van der Waals surface area contributed by atoms with Gasteiger partial charge in [-0.3, -0.25) is 9.78 Å². The van der Waals surface area contributed by atoms with Crippen LogP contribution in [0, 0.1) is 0 Å². The zero-order valence-corrected chi connectivity index (χ0v) is 13.7. The number of pyridine rings is 1. The summed E-state index contributed by atoms with van der Waals surface area (Å²) in [6, 6.07) is 20.7. The van der Waals surface area contributed by atoms with Gasteiger partial charge in [0.2, 0.25) is 0 Å². The van der Waals surface area contributed by atoms with Crippen molar-refractivity contribution in [3.63, 3.8) is 0 Å². The fourth-order valence-electron chi connectivity index (χ4n) is 2.05. The second-order valence-corrected chi connectivity index (χ2v) is 5.80. The SMILES string of the molecule is O=C(Nc1ccc(Br)cc1)c1cc(Nc2ccccc2)ccn1. The van der Waals surface area contributed by atoms with Crippen LogP contribution in [0.4, 0.5) is 17.1 Å². The molecule has 5 heteroatoms. The van der Waals surface area contributed by atoms with Crippen LogP contribution in [-0.4, -0.2) is 10.9 Å². The Balaban J connectivity index is 1.73. The molecular weight excluding hydrogens is 354 g/mol. The fraction of sp³-hybridized carbons (Fsp3) is 0. The van der Waals surface area contributed by atoms with E-state index in [4.69, 9.17) is 0 Å². The van der Waals surface area contributed by atoms with E-state index in [-0.39, 0.29) is 5.91 Å². The van der Waals surface area contributed by atoms with Crippen LogP contribution in [0.15, 0.2) is 77.4 Å². The van der Waals surface area contributed by atoms with Gasteiger partial charge in [-0.25, -0.2) is 0 Å². The highest BCUT2D eigenvalue weighted by atomic mass is 79.9. The minimum atomic E-state index is -0.246. The summed E-state index contributed by atoms with van der Waals surface area (Å²) in [6.45, 7) is 0. The molecule has 3 aromatic rings. The Kier molecular flexibility index (Phi) is 4.68. The summed E-state index contributed by atoms with van der Waals surface area (Å²) in [4.78, 5) is 16.4. The van der Waals surface area contributed by atoms with Gasteiger partial charge < -0.3 is 10.6 Å². The van der Waals surface area contributed by atoms with Crippen molar-refractivity contribution in [2.24, 2.45) is 0 Å². The Bertz CT molecular complexity index is 804. The fourth-order valence-corrected chi connectivity index (χ4v) is 2.31. The van der Waals surface area contributed by atoms with Crippen LogP contribution in [0.2, 0.25) is 0 Å². The van der Waals surface area contributed by atoms with Crippen LogP contribution in [0.5, 0.6) is 0 Å². The Hall–Kier alpha value is -2.66. The largest absolute Gasteiger partial charge is 0.355 e. The van der Waals surface area contributed by atoms with E-state index in [0.29, 0.717) is 5.69 Å². The molecule has 2 N–H and O–H groups in total. The maximum absolute atomic E-state index is 12.3. The third-order valence-electron chi connectivity index (χ3n) is 3.16. The molecule has 0 saturated heterocycles. The molecule has 0 aliphatic heterocycles. The first-order chi connectivity index (χ1) is 11.2. The summed E-state index contributed by atoms with van der Waals surface area (Å²) in [5, 5.41) is 6.07. The number of rotatable bonds is 4. The van der Waals surface area contributed by atoms with E-state index in [1.165, 1.54) is 0 Å². The molecule has 0 aliphatic carbocycles. The molecule has 0 bridgehead atoms. The van der Waals surface area contributed by atoms with E-state index in [1.54, 1.807) is 12.3 Å². The number of benzene rings is 2. The molecule has 0 saturated carbocycles. The molecule has 0 spiro atoms. The van der Waals surface area contributed by atoms with Crippen molar-refractivity contribution in [1.82, 2.24) is 4.98 Å². The molecule has 1 heterocycles. The lowest BCUT2D eigenvalue weighted by molar-refractivity contribution is 0.102. The lowest BCUT2D eigenvalue weighted by Crippen LogP contribution is -2.13. The van der Waals surface area contributed by atoms with Gasteiger partial charge in [0.1, 0.15) is 5.69 Å². The van der Waals surface area contributed by atoms with Crippen molar-refractivity contribution in [1.29, 1.82) is 0 Å². The van der Waals surface area contributed by atoms with Crippen molar-refractivity contribution in [3.8, 4) is 0 Å². The van der Waals surface area contributed by atoms with Crippen LogP contribution < -0.4 is 10.6 Å². The van der Waals surface area contributed by atoms with Crippen LogP contribution >= 0.6 is 15.9 Å². The van der Waals surface area contributed by atoms with Gasteiger partial charge in [-0.15, -0.1) is 0 Å². The number of halogens is 1. The molecule has 0 unspecified atom stereocenters. The molecule has 2 aromatic carbocycles. The molecule has 23 heavy (non-hydrogen) atoms. The standard InChI is InChI=1S/C18H14BrN3O/c19-13-6-8-15(9-7-13)22-18(23)17-12-16(10-11-20-17)21-14-4-2-1-3-5-14/h1-12H,(H,20,21)(H,22,23). The quantitative estimate of drug-likeness (QED) is 0.693. The van der Waals surface area contributed by atoms with Crippen molar-refractivity contribution in [2.75, 3.05) is 10.6 Å². The number of carbonyl (C=O) groups is 1. The Morgan fingerprint density at radius 1 is 0.870 bits per heavy atom. The summed E-state index contributed by atoms with van der Waals surface area (Å²) in [5.41, 5.74) is 2.85. The highest BCUT2D eigenvalue weighted by Gasteiger charge is 2.08. The van der Waals surface area contributed by atoms with E-state index in [1.807, 2.05) is 60.7 Å². The van der Waals surface area contributed by atoms with Gasteiger partial charge in [0, 0.05) is 27.7 Å². The number of amides is 1. The predicted octanol–water partition coefficient (Wildman–Crippen LogP) is 4.84. The van der Waals surface area contributed by atoms with Crippen molar-refractivity contribution < 1.29 is 4.79 Å². The summed E-state index contributed by atoms with van der Waals surface area (Å²) in [7, 11) is 0. The topological polar surface area (TPSA) is 54.0 Å². The lowest BCUT2D eigenvalue weighted by atomic mass is 10.2. The monoisotopic (exact) mass is 367 g/mol. The molecule has 114 valence electrons. The minimum absolute atomic E-state index is 0.246. The third-order valence-corrected chi connectivity index (χ3v) is 3.69. The van der Waals surface area contributed by atoms with E-state index in [0.717, 1.165) is 21.5 Å². The van der Waals surface area contributed by atoms with Crippen molar-refractivity contribution in [2.45, 2.75) is 0 Å². The number of anilines is 3. The molecule has 4 nitrogen and oxygen atoms in total. The molecule has 1 aromatic heterocycles. The third kappa shape index (κ3) is 4.17. The second-order valence-electron chi connectivity index (χ2n) is 4.88. The summed E-state index contributed by atoms with van der Waals surface area (Å²) in [5.74, 6) is -0.246. The highest BCUT2D eigenvalue weighted by molar-refractivity contribution is 9.10. The molecule has 3 rings (SSSR count). The zero-order chi connectivity index (χ0) is 16.1. The molecule has 0 fully saturated rings. The Labute approximate surface area is 142 Å². The van der Waals surface area contributed by atoms with Gasteiger partial charge >= 0.3 is 0 Å². The van der Waals surface area contributed by atoms with Gasteiger partial charge in [0.15, 0.2) is 0 Å². The van der Waals surface area contributed by atoms with Crippen LogP contribution in [-0.2, 0) is 0 Å². The first-order valence-corrected chi connectivity index (χ1v) is 7.85. The Morgan fingerprint density at radius 3 is 2.35 bits per heavy atom. The van der Waals surface area contributed by atoms with Gasteiger partial charge in [0.25, 0.3) is 5.91 Å². The van der Waals surface area contributed by atoms with Crippen LogP contribution in [0.25, 0.3) is 0 Å². The maximum atomic E-state index is 12.3. The number of hydrogen-bond acceptors (Lipinski definition) is 3. The highest BCUT2D eigenvalue weighted by Crippen LogP contribution is 2.18. The first-order valence-electron chi connectivity index (χ1n) is 7.06. The van der Waals surface area contributed by atoms with Gasteiger partial charge in [-0.2, -0.15) is 0 Å². The average Bonchev–Trinajstić information content (AvgIpc) is 2.58. The second kappa shape index (κ2) is 7.07. The van der Waals surface area contributed by atoms with Crippen LogP contribution in [0.1, 0.15) is 10.5 Å². The summed E-state index contributed by atoms with van der Waals surface area (Å²) < 4.78 is 0.961. The lowest BCUT2D eigenvalue weighted by Gasteiger charge is -2.08. The zero-order valence-electron chi connectivity index (χ0n) is 12.2. The number of aromatic nitrogens is 1. The van der Waals surface area contributed by atoms with E-state index in [2.05, 4.69) is 31.5 Å². The maximum Gasteiger partial charge on any atom is 0.274 e. The number of nitrogens with one attached hydrogen (secondary N) is 2. The molecule has 0 aliphatic rings. The van der Waals surface area contributed by atoms with Gasteiger partial charge in [-0.05, 0) is 48.5 Å². The average molecular weight is 368 g/mol. The predicted molar refractivity (Wildman–Crippen MR) is 96.1 cm³/mol. The number of para-hydroxylation sites is 1. The van der Waals surface area contributed by atoms with E-state index >= 15 is 0 Å². The summed E-state index contributed by atoms with van der Waals surface area (Å²) in [6.07, 6.45) is 1.61. The van der Waals surface area contributed by atoms with E-state index in [9.17, 15) is 4.79 Å². The normalized spacial score (nSPS) is 10.1. The Morgan fingerprint density at radius 2 is 1.61 bits per heavy atom. The van der Waals surface area contributed by atoms with Crippen molar-refractivity contribution in [3.05, 3.63) is 83.1 Å². The molecular formula is C18H14BrN3O. The number of nitrogens with zero attached hydrogens (tertiary/aromatic N) is 1. The molecule has 0 atom stereocenters. The van der Waals surface area contributed by atoms with Crippen molar-refractivity contribution >= 4 is 38.9 Å². The smallest absolute Gasteiger partial charge is 0.274 e. The molecule has 1 amide bonds. The van der Waals surface area contributed by atoms with Gasteiger partial charge in [0.05, 0.1) is 0 Å². The molecule has 0 radical (unpaired) electrons. The first kappa shape index (κ1) is 15.2. The van der Waals surface area contributed by atoms with Gasteiger partial charge in [-0.1, -0.05) is 34.1 Å². The summed E-state index contributed by atoms with van der Waals surface area (Å²) >= 11 is 3.36. The number of carbonyl (C=O) groups excluding carboxylic acids is 1. The number of hydrogen-bond donors (Lipinski definition) is 2. The minimum Gasteiger partial charge on any atom is -0.355 e. The van der Waals surface area contributed by atoms with E-state index < -0.39 is 0 Å².